The summed E-state index contributed by atoms with van der Waals surface area (Å²) in [5, 5.41) is 2.47. The van der Waals surface area contributed by atoms with Crippen LogP contribution < -0.4 is 11.3 Å². The molecule has 2 aromatic rings. The van der Waals surface area contributed by atoms with E-state index >= 15 is 0 Å². The first-order chi connectivity index (χ1) is 9.40. The van der Waals surface area contributed by atoms with Gasteiger partial charge in [0.2, 0.25) is 0 Å². The molecule has 2 aromatic carbocycles. The lowest BCUT2D eigenvalue weighted by Crippen LogP contribution is -2.30. The van der Waals surface area contributed by atoms with Crippen LogP contribution in [0.15, 0.2) is 54.3 Å². The van der Waals surface area contributed by atoms with Crippen LogP contribution in [-0.2, 0) is 4.74 Å². The lowest BCUT2D eigenvalue weighted by molar-refractivity contribution is 0.219. The largest absolute Gasteiger partial charge is 0.501 e. The molecule has 1 atom stereocenters. The van der Waals surface area contributed by atoms with Crippen LogP contribution in [0, 0.1) is 0 Å². The van der Waals surface area contributed by atoms with Crippen molar-refractivity contribution in [1.29, 1.82) is 0 Å². The molecule has 1 heterocycles. The third-order valence-corrected chi connectivity index (χ3v) is 3.63. The normalized spacial score (nSPS) is 16.8. The zero-order valence-electron chi connectivity index (χ0n) is 10.8. The van der Waals surface area contributed by atoms with Crippen molar-refractivity contribution in [2.24, 2.45) is 5.84 Å². The second kappa shape index (κ2) is 5.43. The third-order valence-electron chi connectivity index (χ3n) is 3.63. The molecule has 0 aromatic heterocycles. The monoisotopic (exact) mass is 254 g/mol. The fraction of sp³-hybridized carbons (Fsp3) is 0.250. The SMILES string of the molecule is NNC(C1=COCCC1)c1cccc2ccccc12. The molecule has 0 fully saturated rings. The van der Waals surface area contributed by atoms with Gasteiger partial charge >= 0.3 is 0 Å². The van der Waals surface area contributed by atoms with E-state index in [1.807, 2.05) is 6.26 Å². The van der Waals surface area contributed by atoms with E-state index in [1.54, 1.807) is 0 Å². The lowest BCUT2D eigenvalue weighted by Gasteiger charge is -2.24. The zero-order chi connectivity index (χ0) is 13.1. The van der Waals surface area contributed by atoms with Crippen LogP contribution in [0.5, 0.6) is 0 Å². The molecule has 1 aliphatic heterocycles. The molecule has 19 heavy (non-hydrogen) atoms. The van der Waals surface area contributed by atoms with Crippen LogP contribution in [0.1, 0.15) is 24.4 Å². The number of hydrogen-bond acceptors (Lipinski definition) is 3. The van der Waals surface area contributed by atoms with E-state index in [1.165, 1.54) is 21.9 Å². The minimum atomic E-state index is 0.0198. The zero-order valence-corrected chi connectivity index (χ0v) is 10.8. The number of nitrogens with one attached hydrogen (secondary N) is 1. The molecular weight excluding hydrogens is 236 g/mol. The van der Waals surface area contributed by atoms with E-state index in [0.717, 1.165) is 19.4 Å². The summed E-state index contributed by atoms with van der Waals surface area (Å²) < 4.78 is 5.44. The van der Waals surface area contributed by atoms with E-state index < -0.39 is 0 Å². The first-order valence-electron chi connectivity index (χ1n) is 6.64. The maximum Gasteiger partial charge on any atom is 0.0876 e. The van der Waals surface area contributed by atoms with E-state index in [0.29, 0.717) is 0 Å². The Balaban J connectivity index is 2.08. The number of fused-ring (bicyclic) bond motifs is 1. The quantitative estimate of drug-likeness (QED) is 0.653. The predicted molar refractivity (Wildman–Crippen MR) is 77.3 cm³/mol. The van der Waals surface area contributed by atoms with Crippen LogP contribution >= 0.6 is 0 Å². The van der Waals surface area contributed by atoms with Gasteiger partial charge < -0.3 is 4.74 Å². The molecule has 1 aliphatic rings. The first kappa shape index (κ1) is 12.2. The van der Waals surface area contributed by atoms with Crippen molar-refractivity contribution >= 4 is 10.8 Å². The van der Waals surface area contributed by atoms with Crippen LogP contribution in [-0.4, -0.2) is 6.61 Å². The van der Waals surface area contributed by atoms with Crippen LogP contribution in [0.4, 0.5) is 0 Å². The highest BCUT2D eigenvalue weighted by Gasteiger charge is 2.19. The first-order valence-corrected chi connectivity index (χ1v) is 6.64. The van der Waals surface area contributed by atoms with Crippen molar-refractivity contribution in [2.75, 3.05) is 6.61 Å². The summed E-state index contributed by atoms with van der Waals surface area (Å²) in [6, 6.07) is 14.7. The molecule has 0 bridgehead atoms. The number of hydrogen-bond donors (Lipinski definition) is 2. The van der Waals surface area contributed by atoms with Crippen molar-refractivity contribution in [3.63, 3.8) is 0 Å². The second-order valence-electron chi connectivity index (χ2n) is 4.84. The van der Waals surface area contributed by atoms with E-state index in [9.17, 15) is 0 Å². The van der Waals surface area contributed by atoms with Gasteiger partial charge in [-0.25, -0.2) is 5.43 Å². The Hall–Kier alpha value is -1.84. The number of rotatable bonds is 3. The van der Waals surface area contributed by atoms with E-state index in [4.69, 9.17) is 10.6 Å². The summed E-state index contributed by atoms with van der Waals surface area (Å²) in [5.74, 6) is 5.78. The van der Waals surface area contributed by atoms with E-state index in [2.05, 4.69) is 47.9 Å². The maximum absolute atomic E-state index is 5.78. The number of nitrogens with two attached hydrogens (primary N) is 1. The summed E-state index contributed by atoms with van der Waals surface area (Å²) in [5.41, 5.74) is 5.35. The molecule has 0 aliphatic carbocycles. The number of hydrazine groups is 1. The average Bonchev–Trinajstić information content (AvgIpc) is 2.49. The average molecular weight is 254 g/mol. The van der Waals surface area contributed by atoms with Crippen LogP contribution in [0.2, 0.25) is 0 Å². The van der Waals surface area contributed by atoms with Gasteiger partial charge in [0.05, 0.1) is 18.9 Å². The van der Waals surface area contributed by atoms with Crippen molar-refractivity contribution in [1.82, 2.24) is 5.43 Å². The molecule has 1 unspecified atom stereocenters. The summed E-state index contributed by atoms with van der Waals surface area (Å²) >= 11 is 0. The topological polar surface area (TPSA) is 47.3 Å². The van der Waals surface area contributed by atoms with Gasteiger partial charge in [-0.3, -0.25) is 5.84 Å². The molecule has 98 valence electrons. The minimum absolute atomic E-state index is 0.0198. The molecular formula is C16H18N2O. The van der Waals surface area contributed by atoms with Crippen molar-refractivity contribution < 1.29 is 4.74 Å². The predicted octanol–water partition coefficient (Wildman–Crippen LogP) is 3.04. The minimum Gasteiger partial charge on any atom is -0.501 e. The van der Waals surface area contributed by atoms with Gasteiger partial charge in [-0.15, -0.1) is 0 Å². The van der Waals surface area contributed by atoms with Gasteiger partial charge in [-0.05, 0) is 34.8 Å². The number of benzene rings is 2. The molecule has 3 nitrogen and oxygen atoms in total. The third kappa shape index (κ3) is 2.35. The van der Waals surface area contributed by atoms with Gasteiger partial charge in [0.15, 0.2) is 0 Å². The Morgan fingerprint density at radius 1 is 1.11 bits per heavy atom. The van der Waals surface area contributed by atoms with Crippen LogP contribution in [0.25, 0.3) is 10.8 Å². The van der Waals surface area contributed by atoms with Gasteiger partial charge in [-0.1, -0.05) is 42.5 Å². The molecule has 3 heteroatoms. The summed E-state index contributed by atoms with van der Waals surface area (Å²) in [7, 11) is 0. The second-order valence-corrected chi connectivity index (χ2v) is 4.84. The van der Waals surface area contributed by atoms with Crippen molar-refractivity contribution in [3.05, 3.63) is 59.9 Å². The van der Waals surface area contributed by atoms with Gasteiger partial charge in [0, 0.05) is 0 Å². The van der Waals surface area contributed by atoms with Crippen molar-refractivity contribution in [2.45, 2.75) is 18.9 Å². The Morgan fingerprint density at radius 2 is 1.95 bits per heavy atom. The Labute approximate surface area is 113 Å². The Morgan fingerprint density at radius 3 is 2.74 bits per heavy atom. The summed E-state index contributed by atoms with van der Waals surface area (Å²) in [4.78, 5) is 0. The standard InChI is InChI=1S/C16H18N2O/c17-18-16(13-7-4-10-19-11-13)15-9-3-6-12-5-1-2-8-14(12)15/h1-3,5-6,8-9,11,16,18H,4,7,10,17H2. The van der Waals surface area contributed by atoms with Gasteiger partial charge in [-0.2, -0.15) is 0 Å². The molecule has 3 rings (SSSR count). The molecule has 0 radical (unpaired) electrons. The fourth-order valence-corrected chi connectivity index (χ4v) is 2.70. The van der Waals surface area contributed by atoms with Crippen molar-refractivity contribution in [3.8, 4) is 0 Å². The molecule has 0 saturated heterocycles. The fourth-order valence-electron chi connectivity index (χ4n) is 2.70. The summed E-state index contributed by atoms with van der Waals surface area (Å²) in [6.45, 7) is 0.802. The Bertz CT molecular complexity index is 601. The Kier molecular flexibility index (Phi) is 3.49. The highest BCUT2D eigenvalue weighted by molar-refractivity contribution is 5.86. The van der Waals surface area contributed by atoms with E-state index in [-0.39, 0.29) is 6.04 Å². The lowest BCUT2D eigenvalue weighted by atomic mass is 9.92. The molecule has 0 saturated carbocycles. The highest BCUT2D eigenvalue weighted by Crippen LogP contribution is 2.31. The van der Waals surface area contributed by atoms with Gasteiger partial charge in [0.1, 0.15) is 0 Å². The van der Waals surface area contributed by atoms with Gasteiger partial charge in [0.25, 0.3) is 0 Å². The summed E-state index contributed by atoms with van der Waals surface area (Å²) in [6.07, 6.45) is 3.93. The smallest absolute Gasteiger partial charge is 0.0876 e. The van der Waals surface area contributed by atoms with Crippen LogP contribution in [0.3, 0.4) is 0 Å². The number of ether oxygens (including phenoxy) is 1. The molecule has 0 amide bonds. The molecule has 0 spiro atoms. The molecule has 3 N–H and O–H groups in total. The maximum atomic E-state index is 5.78. The highest BCUT2D eigenvalue weighted by atomic mass is 16.5.